The van der Waals surface area contributed by atoms with Crippen LogP contribution in [0.5, 0.6) is 5.75 Å². The third-order valence-electron chi connectivity index (χ3n) is 4.06. The Morgan fingerprint density at radius 2 is 1.81 bits per heavy atom. The molecule has 112 valence electrons. The molecule has 0 saturated heterocycles. The molecular weight excluding hydrogens is 266 g/mol. The van der Waals surface area contributed by atoms with Crippen molar-refractivity contribution in [2.45, 2.75) is 33.7 Å². The molecule has 0 aliphatic rings. The van der Waals surface area contributed by atoms with E-state index in [1.807, 2.05) is 32.9 Å². The van der Waals surface area contributed by atoms with Crippen LogP contribution in [0.3, 0.4) is 0 Å². The Morgan fingerprint density at radius 3 is 2.33 bits per heavy atom. The third kappa shape index (κ3) is 2.66. The van der Waals surface area contributed by atoms with Gasteiger partial charge in [-0.05, 0) is 33.8 Å². The lowest BCUT2D eigenvalue weighted by Crippen LogP contribution is -2.30. The van der Waals surface area contributed by atoms with Gasteiger partial charge in [0, 0.05) is 18.2 Å². The molecule has 1 N–H and O–H groups in total. The molecular formula is C17H21NO3. The predicted octanol–water partition coefficient (Wildman–Crippen LogP) is 3.74. The summed E-state index contributed by atoms with van der Waals surface area (Å²) in [6, 6.07) is 6.84. The first kappa shape index (κ1) is 15.2. The Morgan fingerprint density at radius 1 is 1.19 bits per heavy atom. The van der Waals surface area contributed by atoms with Gasteiger partial charge in [0.25, 0.3) is 5.91 Å². The van der Waals surface area contributed by atoms with Gasteiger partial charge in [0.2, 0.25) is 0 Å². The number of furan rings is 1. The summed E-state index contributed by atoms with van der Waals surface area (Å²) in [7, 11) is 1.74. The van der Waals surface area contributed by atoms with E-state index in [4.69, 9.17) is 4.42 Å². The zero-order chi connectivity index (χ0) is 15.7. The number of carbonyl (C=O) groups excluding carboxylic acids is 1. The van der Waals surface area contributed by atoms with E-state index in [-0.39, 0.29) is 17.7 Å². The molecule has 1 atom stereocenters. The maximum Gasteiger partial charge on any atom is 0.257 e. The van der Waals surface area contributed by atoms with Crippen LogP contribution < -0.4 is 0 Å². The number of aryl methyl sites for hydroxylation is 2. The molecule has 4 nitrogen and oxygen atoms in total. The molecule has 0 fully saturated rings. The van der Waals surface area contributed by atoms with E-state index in [2.05, 4.69) is 0 Å². The lowest BCUT2D eigenvalue weighted by atomic mass is 10.0. The van der Waals surface area contributed by atoms with Crippen molar-refractivity contribution < 1.29 is 14.3 Å². The van der Waals surface area contributed by atoms with Crippen LogP contribution in [0.15, 0.2) is 28.7 Å². The number of nitrogens with zero attached hydrogens (tertiary/aromatic N) is 1. The number of phenols is 1. The molecule has 0 aliphatic carbocycles. The summed E-state index contributed by atoms with van der Waals surface area (Å²) in [5, 5.41) is 9.94. The van der Waals surface area contributed by atoms with Crippen molar-refractivity contribution in [3.63, 3.8) is 0 Å². The average molecular weight is 287 g/mol. The van der Waals surface area contributed by atoms with Crippen molar-refractivity contribution in [2.24, 2.45) is 0 Å². The van der Waals surface area contributed by atoms with E-state index >= 15 is 0 Å². The van der Waals surface area contributed by atoms with Crippen molar-refractivity contribution >= 4 is 5.91 Å². The van der Waals surface area contributed by atoms with Gasteiger partial charge in [-0.1, -0.05) is 18.2 Å². The summed E-state index contributed by atoms with van der Waals surface area (Å²) in [6.45, 7) is 7.43. The zero-order valence-corrected chi connectivity index (χ0v) is 13.1. The largest absolute Gasteiger partial charge is 0.508 e. The van der Waals surface area contributed by atoms with Crippen molar-refractivity contribution in [2.75, 3.05) is 7.05 Å². The Kier molecular flexibility index (Phi) is 4.07. The summed E-state index contributed by atoms with van der Waals surface area (Å²) in [5.41, 5.74) is 2.20. The van der Waals surface area contributed by atoms with E-state index < -0.39 is 0 Å². The molecule has 1 unspecified atom stereocenters. The second kappa shape index (κ2) is 5.64. The molecule has 0 bridgehead atoms. The normalized spacial score (nSPS) is 12.2. The summed E-state index contributed by atoms with van der Waals surface area (Å²) < 4.78 is 5.53. The van der Waals surface area contributed by atoms with Crippen LogP contribution in [0.2, 0.25) is 0 Å². The second-order valence-corrected chi connectivity index (χ2v) is 5.37. The molecule has 1 heterocycles. The van der Waals surface area contributed by atoms with Crippen molar-refractivity contribution in [1.82, 2.24) is 4.90 Å². The monoisotopic (exact) mass is 287 g/mol. The minimum Gasteiger partial charge on any atom is -0.508 e. The number of rotatable bonds is 3. The maximum atomic E-state index is 12.7. The highest BCUT2D eigenvalue weighted by atomic mass is 16.3. The van der Waals surface area contributed by atoms with Gasteiger partial charge < -0.3 is 14.4 Å². The van der Waals surface area contributed by atoms with E-state index in [1.165, 1.54) is 0 Å². The van der Waals surface area contributed by atoms with Gasteiger partial charge in [-0.25, -0.2) is 0 Å². The molecule has 0 radical (unpaired) electrons. The van der Waals surface area contributed by atoms with Crippen molar-refractivity contribution in [1.29, 1.82) is 0 Å². The van der Waals surface area contributed by atoms with Gasteiger partial charge in [-0.15, -0.1) is 0 Å². The maximum absolute atomic E-state index is 12.7. The Labute approximate surface area is 125 Å². The minimum absolute atomic E-state index is 0.0994. The van der Waals surface area contributed by atoms with E-state index in [0.717, 1.165) is 16.9 Å². The number of hydrogen-bond donors (Lipinski definition) is 1. The van der Waals surface area contributed by atoms with E-state index in [0.29, 0.717) is 11.3 Å². The fourth-order valence-corrected chi connectivity index (χ4v) is 2.51. The second-order valence-electron chi connectivity index (χ2n) is 5.37. The van der Waals surface area contributed by atoms with Gasteiger partial charge in [-0.2, -0.15) is 0 Å². The van der Waals surface area contributed by atoms with Crippen LogP contribution in [0, 0.1) is 20.8 Å². The smallest absolute Gasteiger partial charge is 0.257 e. The Hall–Kier alpha value is -2.23. The van der Waals surface area contributed by atoms with Crippen LogP contribution >= 0.6 is 0 Å². The lowest BCUT2D eigenvalue weighted by Gasteiger charge is -2.26. The molecule has 1 aromatic carbocycles. The topological polar surface area (TPSA) is 53.7 Å². The number of aromatic hydroxyl groups is 1. The van der Waals surface area contributed by atoms with Crippen LogP contribution in [0.4, 0.5) is 0 Å². The summed E-state index contributed by atoms with van der Waals surface area (Å²) in [5.74, 6) is 1.49. The molecule has 2 aromatic rings. The summed E-state index contributed by atoms with van der Waals surface area (Å²) >= 11 is 0. The predicted molar refractivity (Wildman–Crippen MR) is 81.5 cm³/mol. The highest BCUT2D eigenvalue weighted by molar-refractivity contribution is 5.97. The quantitative estimate of drug-likeness (QED) is 0.935. The number of para-hydroxylation sites is 1. The first-order chi connectivity index (χ1) is 9.84. The van der Waals surface area contributed by atoms with Crippen molar-refractivity contribution in [3.05, 3.63) is 52.5 Å². The van der Waals surface area contributed by atoms with Gasteiger partial charge in [-0.3, -0.25) is 4.79 Å². The molecule has 0 aliphatic heterocycles. The lowest BCUT2D eigenvalue weighted by molar-refractivity contribution is 0.0739. The number of carbonyl (C=O) groups is 1. The van der Waals surface area contributed by atoms with Gasteiger partial charge in [0.1, 0.15) is 17.3 Å². The van der Waals surface area contributed by atoms with Gasteiger partial charge in [0.15, 0.2) is 0 Å². The first-order valence-corrected chi connectivity index (χ1v) is 6.96. The molecule has 2 rings (SSSR count). The van der Waals surface area contributed by atoms with Crippen molar-refractivity contribution in [3.8, 4) is 5.75 Å². The Balaban J connectivity index is 2.33. The van der Waals surface area contributed by atoms with Crippen LogP contribution in [0.1, 0.15) is 46.0 Å². The summed E-state index contributed by atoms with van der Waals surface area (Å²) in [4.78, 5) is 14.3. The van der Waals surface area contributed by atoms with Gasteiger partial charge in [0.05, 0.1) is 11.6 Å². The molecule has 0 saturated carbocycles. The molecule has 1 amide bonds. The zero-order valence-electron chi connectivity index (χ0n) is 13.1. The number of benzene rings is 1. The average Bonchev–Trinajstić information content (AvgIpc) is 2.70. The standard InChI is InChI=1S/C17H21NO3/c1-10-12(3)21-13(4)16(10)17(20)18(5)11(2)14-8-6-7-9-15(14)19/h6-9,11,19H,1-5H3. The fourth-order valence-electron chi connectivity index (χ4n) is 2.51. The van der Waals surface area contributed by atoms with E-state index in [9.17, 15) is 9.90 Å². The van der Waals surface area contributed by atoms with Crippen LogP contribution in [-0.4, -0.2) is 23.0 Å². The molecule has 1 aromatic heterocycles. The fraction of sp³-hybridized carbons (Fsp3) is 0.353. The Bertz CT molecular complexity index is 673. The van der Waals surface area contributed by atoms with Crippen LogP contribution in [-0.2, 0) is 0 Å². The first-order valence-electron chi connectivity index (χ1n) is 6.96. The molecule has 0 spiro atoms. The third-order valence-corrected chi connectivity index (χ3v) is 4.06. The number of amides is 1. The highest BCUT2D eigenvalue weighted by Crippen LogP contribution is 2.30. The molecule has 21 heavy (non-hydrogen) atoms. The number of hydrogen-bond acceptors (Lipinski definition) is 3. The van der Waals surface area contributed by atoms with Gasteiger partial charge >= 0.3 is 0 Å². The van der Waals surface area contributed by atoms with Crippen LogP contribution in [0.25, 0.3) is 0 Å². The van der Waals surface area contributed by atoms with E-state index in [1.54, 1.807) is 31.0 Å². The highest BCUT2D eigenvalue weighted by Gasteiger charge is 2.26. The summed E-state index contributed by atoms with van der Waals surface area (Å²) in [6.07, 6.45) is 0. The number of phenolic OH excluding ortho intramolecular Hbond substituents is 1. The minimum atomic E-state index is -0.229. The SMILES string of the molecule is Cc1oc(C)c(C(=O)N(C)C(C)c2ccccc2O)c1C. The molecule has 4 heteroatoms.